The van der Waals surface area contributed by atoms with E-state index in [2.05, 4.69) is 20.5 Å². The maximum Gasteiger partial charge on any atom is 0.408 e. The third kappa shape index (κ3) is 5.23. The lowest BCUT2D eigenvalue weighted by Gasteiger charge is -2.30. The fraction of sp³-hybridized carbons (Fsp3) is 0.375. The van der Waals surface area contributed by atoms with Gasteiger partial charge in [0.05, 0.1) is 17.8 Å². The number of rotatable bonds is 6. The van der Waals surface area contributed by atoms with Gasteiger partial charge in [0, 0.05) is 42.5 Å². The Kier molecular flexibility index (Phi) is 6.08. The summed E-state index contributed by atoms with van der Waals surface area (Å²) in [5, 5.41) is 12.2. The highest BCUT2D eigenvalue weighted by molar-refractivity contribution is 5.93. The zero-order valence-electron chi connectivity index (χ0n) is 19.0. The number of nitrogens with one attached hydrogen (secondary N) is 1. The van der Waals surface area contributed by atoms with E-state index in [1.54, 1.807) is 54.6 Å². The summed E-state index contributed by atoms with van der Waals surface area (Å²) in [5.74, 6) is 0.349. The van der Waals surface area contributed by atoms with Gasteiger partial charge in [0.1, 0.15) is 18.1 Å². The molecule has 1 aromatic carbocycles. The van der Waals surface area contributed by atoms with Crippen molar-refractivity contribution in [1.29, 1.82) is 0 Å². The van der Waals surface area contributed by atoms with Crippen LogP contribution in [0.5, 0.6) is 5.75 Å². The van der Waals surface area contributed by atoms with Crippen molar-refractivity contribution < 1.29 is 22.3 Å². The molecule has 11 heteroatoms. The summed E-state index contributed by atoms with van der Waals surface area (Å²) in [6.07, 6.45) is 3.29. The normalized spacial score (nSPS) is 18.7. The van der Waals surface area contributed by atoms with Crippen LogP contribution in [0.25, 0.3) is 22.2 Å². The summed E-state index contributed by atoms with van der Waals surface area (Å²) in [6.45, 7) is -1.20. The first-order valence-corrected chi connectivity index (χ1v) is 11.4. The first-order valence-electron chi connectivity index (χ1n) is 11.4. The van der Waals surface area contributed by atoms with Crippen molar-refractivity contribution in [3.63, 3.8) is 0 Å². The highest BCUT2D eigenvalue weighted by Gasteiger charge is 2.30. The Bertz CT molecular complexity index is 1320. The van der Waals surface area contributed by atoms with Crippen LogP contribution in [-0.4, -0.2) is 42.9 Å². The molecule has 35 heavy (non-hydrogen) atoms. The highest BCUT2D eigenvalue weighted by atomic mass is 19.4. The second-order valence-electron chi connectivity index (χ2n) is 8.78. The molecule has 1 aliphatic carbocycles. The molecule has 3 aromatic heterocycles. The minimum Gasteiger partial charge on any atom is -0.487 e. The van der Waals surface area contributed by atoms with Gasteiger partial charge in [-0.15, -0.1) is 0 Å². The Morgan fingerprint density at radius 1 is 1.11 bits per heavy atom. The largest absolute Gasteiger partial charge is 0.487 e. The van der Waals surface area contributed by atoms with Gasteiger partial charge < -0.3 is 10.1 Å². The van der Waals surface area contributed by atoms with Crippen LogP contribution in [0.1, 0.15) is 25.7 Å². The number of ether oxygens (including phenoxy) is 1. The van der Waals surface area contributed by atoms with Gasteiger partial charge in [-0.1, -0.05) is 12.1 Å². The maximum absolute atomic E-state index is 13.9. The Balaban J connectivity index is 1.32. The second kappa shape index (κ2) is 9.20. The first-order chi connectivity index (χ1) is 16.7. The summed E-state index contributed by atoms with van der Waals surface area (Å²) in [7, 11) is 1.73. The van der Waals surface area contributed by atoms with Crippen LogP contribution in [-0.2, 0) is 13.6 Å². The molecule has 0 amide bonds. The third-order valence-corrected chi connectivity index (χ3v) is 6.10. The maximum atomic E-state index is 13.9. The van der Waals surface area contributed by atoms with Crippen molar-refractivity contribution in [3.05, 3.63) is 54.7 Å². The minimum atomic E-state index is -4.42. The third-order valence-electron chi connectivity index (χ3n) is 6.10. The summed E-state index contributed by atoms with van der Waals surface area (Å²) in [6, 6.07) is 8.02. The molecule has 0 unspecified atom stereocenters. The molecule has 4 aromatic rings. The summed E-state index contributed by atoms with van der Waals surface area (Å²) < 4.78 is 61.9. The molecule has 0 radical (unpaired) electrons. The lowest BCUT2D eigenvalue weighted by atomic mass is 9.93. The molecule has 3 heterocycles. The van der Waals surface area contributed by atoms with E-state index < -0.39 is 12.7 Å². The molecule has 0 aliphatic heterocycles. The summed E-state index contributed by atoms with van der Waals surface area (Å²) >= 11 is 0. The van der Waals surface area contributed by atoms with E-state index in [4.69, 9.17) is 4.74 Å². The molecule has 0 saturated heterocycles. The standard InChI is InChI=1S/C24H24F4N6O/c1-33-13-15(11-30-33)23-18-12-29-22(10-20(18)34(32-23)14-24(26,27)28)31-16-6-8-17(9-7-16)35-21-5-3-2-4-19(21)25/h2-5,10-13,16-17H,6-9,14H2,1H3,(H,29,31). The first kappa shape index (κ1) is 23.1. The monoisotopic (exact) mass is 488 g/mol. The van der Waals surface area contributed by atoms with Crippen molar-refractivity contribution in [2.24, 2.45) is 7.05 Å². The predicted molar refractivity (Wildman–Crippen MR) is 122 cm³/mol. The van der Waals surface area contributed by atoms with Gasteiger partial charge in [-0.05, 0) is 37.8 Å². The van der Waals surface area contributed by atoms with Crippen LogP contribution in [0, 0.1) is 5.82 Å². The Morgan fingerprint density at radius 3 is 2.57 bits per heavy atom. The highest BCUT2D eigenvalue weighted by Crippen LogP contribution is 2.32. The van der Waals surface area contributed by atoms with Gasteiger partial charge >= 0.3 is 6.18 Å². The van der Waals surface area contributed by atoms with Gasteiger partial charge in [0.2, 0.25) is 0 Å². The average molecular weight is 488 g/mol. The molecule has 1 N–H and O–H groups in total. The number of nitrogens with zero attached hydrogens (tertiary/aromatic N) is 5. The van der Waals surface area contributed by atoms with E-state index in [-0.39, 0.29) is 23.7 Å². The van der Waals surface area contributed by atoms with E-state index in [0.29, 0.717) is 28.0 Å². The van der Waals surface area contributed by atoms with Crippen LogP contribution in [0.3, 0.4) is 0 Å². The van der Waals surface area contributed by atoms with Crippen molar-refractivity contribution in [2.45, 2.75) is 50.6 Å². The fourth-order valence-electron chi connectivity index (χ4n) is 4.45. The van der Waals surface area contributed by atoms with E-state index in [0.717, 1.165) is 30.4 Å². The molecular formula is C24H24F4N6O. The predicted octanol–water partition coefficient (Wildman–Crippen LogP) is 5.34. The van der Waals surface area contributed by atoms with Gasteiger partial charge in [-0.25, -0.2) is 9.37 Å². The molecular weight excluding hydrogens is 464 g/mol. The van der Waals surface area contributed by atoms with E-state index in [9.17, 15) is 17.6 Å². The molecule has 0 bridgehead atoms. The Labute approximate surface area is 198 Å². The summed E-state index contributed by atoms with van der Waals surface area (Å²) in [5.41, 5.74) is 1.37. The molecule has 1 fully saturated rings. The number of benzene rings is 1. The van der Waals surface area contributed by atoms with Crippen LogP contribution >= 0.6 is 0 Å². The molecule has 0 spiro atoms. The number of hydrogen-bond acceptors (Lipinski definition) is 5. The van der Waals surface area contributed by atoms with Crippen LogP contribution in [0.4, 0.5) is 23.4 Å². The summed E-state index contributed by atoms with van der Waals surface area (Å²) in [4.78, 5) is 4.45. The van der Waals surface area contributed by atoms with Crippen LogP contribution in [0.2, 0.25) is 0 Å². The van der Waals surface area contributed by atoms with Gasteiger partial charge in [0.25, 0.3) is 0 Å². The molecule has 184 valence electrons. The Morgan fingerprint density at radius 2 is 1.89 bits per heavy atom. The number of pyridine rings is 1. The van der Waals surface area contributed by atoms with Crippen LogP contribution < -0.4 is 10.1 Å². The molecule has 0 atom stereocenters. The molecule has 7 nitrogen and oxygen atoms in total. The second-order valence-corrected chi connectivity index (χ2v) is 8.78. The number of hydrogen-bond donors (Lipinski definition) is 1. The van der Waals surface area contributed by atoms with E-state index in [1.807, 2.05) is 0 Å². The van der Waals surface area contributed by atoms with Gasteiger partial charge in [-0.3, -0.25) is 9.36 Å². The quantitative estimate of drug-likeness (QED) is 0.371. The van der Waals surface area contributed by atoms with Gasteiger partial charge in [0.15, 0.2) is 11.6 Å². The number of halogens is 4. The number of alkyl halides is 3. The van der Waals surface area contributed by atoms with E-state index in [1.165, 1.54) is 6.07 Å². The fourth-order valence-corrected chi connectivity index (χ4v) is 4.45. The smallest absolute Gasteiger partial charge is 0.408 e. The SMILES string of the molecule is Cn1cc(-c2nn(CC(F)(F)F)c3cc(NC4CCC(Oc5ccccc5F)CC4)ncc23)cn1. The lowest BCUT2D eigenvalue weighted by Crippen LogP contribution is -2.31. The van der Waals surface area contributed by atoms with E-state index >= 15 is 0 Å². The zero-order valence-corrected chi connectivity index (χ0v) is 19.0. The minimum absolute atomic E-state index is 0.0807. The molecule has 1 saturated carbocycles. The number of aromatic nitrogens is 5. The molecule has 5 rings (SSSR count). The van der Waals surface area contributed by atoms with Gasteiger partial charge in [-0.2, -0.15) is 23.4 Å². The van der Waals surface area contributed by atoms with Crippen molar-refractivity contribution in [3.8, 4) is 17.0 Å². The van der Waals surface area contributed by atoms with Crippen LogP contribution in [0.15, 0.2) is 48.9 Å². The number of anilines is 1. The van der Waals surface area contributed by atoms with Crippen molar-refractivity contribution in [2.75, 3.05) is 5.32 Å². The number of para-hydroxylation sites is 1. The van der Waals surface area contributed by atoms with Crippen molar-refractivity contribution in [1.82, 2.24) is 24.5 Å². The average Bonchev–Trinajstić information content (AvgIpc) is 3.39. The Hall–Kier alpha value is -3.63. The number of fused-ring (bicyclic) bond motifs is 1. The number of aryl methyl sites for hydroxylation is 1. The zero-order chi connectivity index (χ0) is 24.6. The van der Waals surface area contributed by atoms with Crippen molar-refractivity contribution >= 4 is 16.7 Å². The topological polar surface area (TPSA) is 69.8 Å². The molecule has 1 aliphatic rings. The lowest BCUT2D eigenvalue weighted by molar-refractivity contribution is -0.141.